The molecule has 8 N–H and O–H groups in total. The second kappa shape index (κ2) is 11.4. The Balaban J connectivity index is -0.00000288. The van der Waals surface area contributed by atoms with Gasteiger partial charge in [-0.05, 0) is 0 Å². The van der Waals surface area contributed by atoms with E-state index < -0.39 is 46.9 Å². The third kappa shape index (κ3) is 19.0. The second-order valence-corrected chi connectivity index (χ2v) is 12.2. The van der Waals surface area contributed by atoms with E-state index in [1.807, 2.05) is 0 Å². The molecule has 0 fully saturated rings. The first kappa shape index (κ1) is 34.2. The molecule has 0 aliphatic heterocycles. The van der Waals surface area contributed by atoms with E-state index in [9.17, 15) is 27.4 Å². The van der Waals surface area contributed by atoms with Crippen LogP contribution in [-0.4, -0.2) is 63.1 Å². The Morgan fingerprint density at radius 1 is 0.407 bits per heavy atom. The summed E-state index contributed by atoms with van der Waals surface area (Å²) in [5.74, 6) is 0. The van der Waals surface area contributed by atoms with Crippen molar-refractivity contribution in [1.29, 1.82) is 0 Å². The van der Waals surface area contributed by atoms with Crippen molar-refractivity contribution in [3.8, 4) is 0 Å². The minimum absolute atomic E-state index is 0. The Hall–Kier alpha value is 2.58. The topological polar surface area (TPSA) is 310 Å². The Labute approximate surface area is 185 Å². The first-order chi connectivity index (χ1) is 10.5. The van der Waals surface area contributed by atoms with Crippen LogP contribution in [0.1, 0.15) is 0 Å². The first-order valence-electron chi connectivity index (χ1n) is 4.52. The Kier molecular flexibility index (Phi) is 14.5. The van der Waals surface area contributed by atoms with Crippen molar-refractivity contribution >= 4 is 70.8 Å². The van der Waals surface area contributed by atoms with Gasteiger partial charge in [-0.1, -0.05) is 0 Å². The van der Waals surface area contributed by atoms with Crippen molar-refractivity contribution in [2.75, 3.05) is 0 Å². The van der Waals surface area contributed by atoms with Crippen molar-refractivity contribution in [1.82, 2.24) is 0 Å². The summed E-state index contributed by atoms with van der Waals surface area (Å²) in [6, 6.07) is 0. The van der Waals surface area contributed by atoms with Crippen LogP contribution < -0.4 is 0 Å². The van der Waals surface area contributed by atoms with E-state index in [1.54, 1.807) is 0 Å². The van der Waals surface area contributed by atoms with E-state index in [0.717, 1.165) is 0 Å². The average Bonchev–Trinajstić information content (AvgIpc) is 1.97. The predicted octanol–water partition coefficient (Wildman–Crippen LogP) is -1.26. The molecule has 27 heteroatoms. The maximum atomic E-state index is 11.2. The fourth-order valence-electron chi connectivity index (χ4n) is 0.720. The molecule has 0 rings (SSSR count). The van der Waals surface area contributed by atoms with Crippen molar-refractivity contribution in [2.24, 2.45) is 0 Å². The van der Waals surface area contributed by atoms with Crippen LogP contribution in [0, 0.1) is 0 Å². The van der Waals surface area contributed by atoms with E-state index in [4.69, 9.17) is 39.1 Å². The molecule has 0 saturated carbocycles. The zero-order valence-corrected chi connectivity index (χ0v) is 25.6. The van der Waals surface area contributed by atoms with Gasteiger partial charge in [0.1, 0.15) is 0 Å². The standard InChI is InChI=1S/Cd.H8O19P6.Sn.2H/c;1-20(2,3)15-22(7,8)17-24(11,12)19-25(13,14)18-23(9,10)16-21(4,5)6;;;/h;(H,7,8)(H,9,10)(H,11,12)(H,13,14)(H2,1,2,3)(H2,4,5,6);;;. The Bertz CT molecular complexity index is 703. The first-order valence-corrected chi connectivity index (χ1v) is 13.6. The summed E-state index contributed by atoms with van der Waals surface area (Å²) in [6.45, 7) is 0. The van der Waals surface area contributed by atoms with Crippen LogP contribution in [0.5, 0.6) is 0 Å². The van der Waals surface area contributed by atoms with Crippen LogP contribution in [0.15, 0.2) is 0 Å². The van der Waals surface area contributed by atoms with Crippen molar-refractivity contribution in [2.45, 2.75) is 0 Å². The van der Waals surface area contributed by atoms with E-state index in [-0.39, 0.29) is 51.2 Å². The number of rotatable bonds is 10. The summed E-state index contributed by atoms with van der Waals surface area (Å²) < 4.78 is 80.4. The van der Waals surface area contributed by atoms with Crippen LogP contribution in [0.4, 0.5) is 0 Å². The van der Waals surface area contributed by atoms with Crippen LogP contribution >= 0.6 is 46.9 Å². The summed E-state index contributed by atoms with van der Waals surface area (Å²) in [6.07, 6.45) is 0. The van der Waals surface area contributed by atoms with Gasteiger partial charge in [0.2, 0.25) is 0 Å². The van der Waals surface area contributed by atoms with E-state index in [2.05, 4.69) is 21.6 Å². The monoisotopic (exact) mass is 734 g/mol. The fourth-order valence-corrected chi connectivity index (χ4v) is 7.55. The van der Waals surface area contributed by atoms with Gasteiger partial charge in [0.05, 0.1) is 0 Å². The van der Waals surface area contributed by atoms with Crippen molar-refractivity contribution in [3.63, 3.8) is 0 Å². The molecular formula is H10CdO19P6Sn. The van der Waals surface area contributed by atoms with Gasteiger partial charge in [-0.15, -0.1) is 0 Å². The van der Waals surface area contributed by atoms with Crippen LogP contribution in [-0.2, 0) is 76.2 Å². The van der Waals surface area contributed by atoms with Crippen molar-refractivity contribution in [3.05, 3.63) is 0 Å². The van der Waals surface area contributed by atoms with Gasteiger partial charge in [-0.3, -0.25) is 0 Å². The molecular weight excluding hydrogens is 721 g/mol. The average molecular weight is 731 g/mol. The molecule has 4 unspecified atom stereocenters. The second-order valence-electron chi connectivity index (χ2n) is 3.26. The SMILES string of the molecule is O=P(O)(O)OP(=O)(O)OP(=O)(O)OP(=O)(O)OP(=O)(O)OP(=O)(O)O.[Cd].[SnH2]. The summed E-state index contributed by atoms with van der Waals surface area (Å²) >= 11 is 0. The Morgan fingerprint density at radius 2 is 0.556 bits per heavy atom. The minimum atomic E-state index is -6.26. The third-order valence-electron chi connectivity index (χ3n) is 1.04. The molecule has 4 atom stereocenters. The van der Waals surface area contributed by atoms with E-state index >= 15 is 0 Å². The molecule has 0 aromatic heterocycles. The molecule has 27 heavy (non-hydrogen) atoms. The van der Waals surface area contributed by atoms with Gasteiger partial charge in [-0.25, -0.2) is 27.4 Å². The molecule has 0 spiro atoms. The normalized spacial score (nSPS) is 21.3. The molecule has 0 aliphatic carbocycles. The molecule has 0 aromatic carbocycles. The van der Waals surface area contributed by atoms with Crippen LogP contribution in [0.2, 0.25) is 0 Å². The van der Waals surface area contributed by atoms with Gasteiger partial charge in [0, 0.05) is 27.3 Å². The number of hydrogen-bond donors (Lipinski definition) is 8. The molecule has 0 aromatic rings. The molecule has 0 heterocycles. The molecule has 19 nitrogen and oxygen atoms in total. The van der Waals surface area contributed by atoms with Crippen LogP contribution in [0.25, 0.3) is 0 Å². The number of phosphoric acid groups is 6. The zero-order valence-electron chi connectivity index (χ0n) is 12.2. The van der Waals surface area contributed by atoms with Gasteiger partial charge in [0.15, 0.2) is 0 Å². The molecule has 2 radical (unpaired) electrons. The van der Waals surface area contributed by atoms with Gasteiger partial charge >= 0.3 is 70.8 Å². The number of hydrogen-bond acceptors (Lipinski definition) is 11. The quantitative estimate of drug-likeness (QED) is 0.0960. The maximum absolute atomic E-state index is 11.2. The van der Waals surface area contributed by atoms with E-state index in [0.29, 0.717) is 0 Å². The zero-order chi connectivity index (χ0) is 20.5. The fraction of sp³-hybridized carbons (Fsp3) is 0. The third-order valence-corrected chi connectivity index (χ3v) is 9.34. The van der Waals surface area contributed by atoms with Gasteiger partial charge in [-0.2, -0.15) is 21.6 Å². The molecule has 0 saturated heterocycles. The summed E-state index contributed by atoms with van der Waals surface area (Å²) in [5.41, 5.74) is 0. The van der Waals surface area contributed by atoms with Crippen molar-refractivity contribution < 1.29 is 115 Å². The van der Waals surface area contributed by atoms with Crippen LogP contribution in [0.3, 0.4) is 0 Å². The van der Waals surface area contributed by atoms with E-state index in [1.165, 1.54) is 0 Å². The molecule has 0 amide bonds. The van der Waals surface area contributed by atoms with Gasteiger partial charge in [0.25, 0.3) is 0 Å². The molecule has 160 valence electrons. The summed E-state index contributed by atoms with van der Waals surface area (Å²) in [7, 11) is -36.2. The summed E-state index contributed by atoms with van der Waals surface area (Å²) in [5, 5.41) is 0. The predicted molar refractivity (Wildman–Crippen MR) is 77.4 cm³/mol. The van der Waals surface area contributed by atoms with Gasteiger partial charge < -0.3 is 39.1 Å². The molecule has 0 aliphatic rings. The summed E-state index contributed by atoms with van der Waals surface area (Å²) in [4.78, 5) is 68.1. The Morgan fingerprint density at radius 3 is 0.704 bits per heavy atom. The molecule has 0 bridgehead atoms.